The molecule has 2 aromatic rings. The number of hydrogen-bond donors (Lipinski definition) is 1. The highest BCUT2D eigenvalue weighted by molar-refractivity contribution is 6.41. The van der Waals surface area contributed by atoms with Crippen LogP contribution in [-0.2, 0) is 6.61 Å². The highest BCUT2D eigenvalue weighted by Gasteiger charge is 2.16. The molecule has 0 bridgehead atoms. The molecule has 0 spiro atoms. The third-order valence-corrected chi connectivity index (χ3v) is 3.29. The van der Waals surface area contributed by atoms with Crippen molar-refractivity contribution in [2.24, 2.45) is 0 Å². The van der Waals surface area contributed by atoms with E-state index in [2.05, 4.69) is 4.98 Å². The lowest BCUT2D eigenvalue weighted by molar-refractivity contribution is 0.282. The SMILES string of the molecule is OCc1ccnc(Cl)c1-c1c(Cl)cccc1Cl. The molecule has 1 aromatic carbocycles. The van der Waals surface area contributed by atoms with Crippen LogP contribution in [0.3, 0.4) is 0 Å². The molecule has 1 aromatic heterocycles. The quantitative estimate of drug-likeness (QED) is 0.840. The summed E-state index contributed by atoms with van der Waals surface area (Å²) >= 11 is 18.3. The maximum Gasteiger partial charge on any atom is 0.137 e. The number of nitrogens with zero attached hydrogens (tertiary/aromatic N) is 1. The number of hydrogen-bond acceptors (Lipinski definition) is 2. The average Bonchev–Trinajstić information content (AvgIpc) is 2.30. The van der Waals surface area contributed by atoms with Gasteiger partial charge >= 0.3 is 0 Å². The molecule has 2 nitrogen and oxygen atoms in total. The zero-order valence-corrected chi connectivity index (χ0v) is 10.9. The Kier molecular flexibility index (Phi) is 3.89. The van der Waals surface area contributed by atoms with E-state index >= 15 is 0 Å². The van der Waals surface area contributed by atoms with Crippen LogP contribution in [0.4, 0.5) is 0 Å². The summed E-state index contributed by atoms with van der Waals surface area (Å²) in [6, 6.07) is 6.86. The number of aliphatic hydroxyl groups excluding tert-OH is 1. The first kappa shape index (κ1) is 12.7. The van der Waals surface area contributed by atoms with Crippen molar-refractivity contribution in [1.82, 2.24) is 4.98 Å². The minimum atomic E-state index is -0.154. The summed E-state index contributed by atoms with van der Waals surface area (Å²) in [5.74, 6) is 0. The number of halogens is 3. The molecule has 0 saturated carbocycles. The maximum atomic E-state index is 9.31. The molecule has 88 valence electrons. The highest BCUT2D eigenvalue weighted by Crippen LogP contribution is 2.39. The molecule has 0 aliphatic rings. The molecule has 17 heavy (non-hydrogen) atoms. The van der Waals surface area contributed by atoms with Gasteiger partial charge in [0.1, 0.15) is 5.15 Å². The Hall–Kier alpha value is -0.800. The second-order valence-electron chi connectivity index (χ2n) is 3.39. The first-order valence-electron chi connectivity index (χ1n) is 4.83. The van der Waals surface area contributed by atoms with Crippen LogP contribution in [0.1, 0.15) is 5.56 Å². The number of pyridine rings is 1. The molecule has 0 radical (unpaired) electrons. The zero-order chi connectivity index (χ0) is 12.4. The molecule has 1 heterocycles. The summed E-state index contributed by atoms with van der Waals surface area (Å²) < 4.78 is 0. The first-order valence-corrected chi connectivity index (χ1v) is 5.97. The molecular weight excluding hydrogens is 280 g/mol. The van der Waals surface area contributed by atoms with E-state index < -0.39 is 0 Å². The molecular formula is C12H8Cl3NO. The normalized spacial score (nSPS) is 10.6. The van der Waals surface area contributed by atoms with Gasteiger partial charge in [0.05, 0.1) is 16.7 Å². The van der Waals surface area contributed by atoms with Crippen molar-refractivity contribution in [1.29, 1.82) is 0 Å². The molecule has 0 fully saturated rings. The Labute approximate surface area is 114 Å². The molecule has 1 N–H and O–H groups in total. The van der Waals surface area contributed by atoms with Crippen molar-refractivity contribution in [3.8, 4) is 11.1 Å². The third-order valence-electron chi connectivity index (χ3n) is 2.37. The zero-order valence-electron chi connectivity index (χ0n) is 8.62. The van der Waals surface area contributed by atoms with Gasteiger partial charge in [-0.1, -0.05) is 40.9 Å². The van der Waals surface area contributed by atoms with Gasteiger partial charge in [0.2, 0.25) is 0 Å². The van der Waals surface area contributed by atoms with Crippen LogP contribution in [0.5, 0.6) is 0 Å². The Morgan fingerprint density at radius 3 is 2.24 bits per heavy atom. The van der Waals surface area contributed by atoms with Crippen molar-refractivity contribution in [3.63, 3.8) is 0 Å². The van der Waals surface area contributed by atoms with Gasteiger partial charge in [-0.3, -0.25) is 0 Å². The van der Waals surface area contributed by atoms with Gasteiger partial charge < -0.3 is 5.11 Å². The van der Waals surface area contributed by atoms with E-state index in [-0.39, 0.29) is 11.8 Å². The van der Waals surface area contributed by atoms with Crippen LogP contribution in [-0.4, -0.2) is 10.1 Å². The third kappa shape index (κ3) is 2.40. The molecule has 0 atom stereocenters. The van der Waals surface area contributed by atoms with Crippen molar-refractivity contribution in [2.45, 2.75) is 6.61 Å². The lowest BCUT2D eigenvalue weighted by atomic mass is 10.0. The predicted octanol–water partition coefficient (Wildman–Crippen LogP) is 4.20. The molecule has 0 amide bonds. The van der Waals surface area contributed by atoms with Gasteiger partial charge in [-0.15, -0.1) is 0 Å². The lowest BCUT2D eigenvalue weighted by Crippen LogP contribution is -1.94. The molecule has 0 saturated heterocycles. The fourth-order valence-electron chi connectivity index (χ4n) is 1.61. The van der Waals surface area contributed by atoms with Gasteiger partial charge in [0.25, 0.3) is 0 Å². The number of rotatable bonds is 2. The molecule has 0 aliphatic carbocycles. The first-order chi connectivity index (χ1) is 8.15. The maximum absolute atomic E-state index is 9.31. The highest BCUT2D eigenvalue weighted by atomic mass is 35.5. The fraction of sp³-hybridized carbons (Fsp3) is 0.0833. The van der Waals surface area contributed by atoms with Gasteiger partial charge in [-0.05, 0) is 23.8 Å². The van der Waals surface area contributed by atoms with Crippen molar-refractivity contribution in [2.75, 3.05) is 0 Å². The van der Waals surface area contributed by atoms with Crippen LogP contribution in [0.15, 0.2) is 30.5 Å². The van der Waals surface area contributed by atoms with E-state index in [1.807, 2.05) is 0 Å². The van der Waals surface area contributed by atoms with E-state index in [4.69, 9.17) is 34.8 Å². The summed E-state index contributed by atoms with van der Waals surface area (Å²) in [4.78, 5) is 3.98. The standard InChI is InChI=1S/C12H8Cl3NO/c13-8-2-1-3-9(14)11(8)10-7(6-17)4-5-16-12(10)15/h1-5,17H,6H2. The molecule has 0 aliphatic heterocycles. The van der Waals surface area contributed by atoms with E-state index in [0.717, 1.165) is 0 Å². The van der Waals surface area contributed by atoms with Crippen LogP contribution in [0.2, 0.25) is 15.2 Å². The Balaban J connectivity index is 2.76. The average molecular weight is 289 g/mol. The Morgan fingerprint density at radius 1 is 1.00 bits per heavy atom. The topological polar surface area (TPSA) is 33.1 Å². The summed E-state index contributed by atoms with van der Waals surface area (Å²) in [5, 5.41) is 10.5. The monoisotopic (exact) mass is 287 g/mol. The van der Waals surface area contributed by atoms with Crippen LogP contribution >= 0.6 is 34.8 Å². The fourth-order valence-corrected chi connectivity index (χ4v) is 2.46. The van der Waals surface area contributed by atoms with Gasteiger partial charge in [-0.25, -0.2) is 4.98 Å². The minimum absolute atomic E-state index is 0.154. The van der Waals surface area contributed by atoms with Crippen molar-refractivity contribution in [3.05, 3.63) is 51.2 Å². The van der Waals surface area contributed by atoms with Crippen molar-refractivity contribution < 1.29 is 5.11 Å². The second-order valence-corrected chi connectivity index (χ2v) is 4.56. The number of aromatic nitrogens is 1. The minimum Gasteiger partial charge on any atom is -0.392 e. The Morgan fingerprint density at radius 2 is 1.65 bits per heavy atom. The predicted molar refractivity (Wildman–Crippen MR) is 70.6 cm³/mol. The number of aliphatic hydroxyl groups is 1. The summed E-state index contributed by atoms with van der Waals surface area (Å²) in [6.07, 6.45) is 1.53. The molecule has 2 rings (SSSR count). The number of benzene rings is 1. The van der Waals surface area contributed by atoms with E-state index in [9.17, 15) is 5.11 Å². The van der Waals surface area contributed by atoms with E-state index in [1.165, 1.54) is 6.20 Å². The van der Waals surface area contributed by atoms with E-state index in [0.29, 0.717) is 26.7 Å². The summed E-state index contributed by atoms with van der Waals surface area (Å²) in [7, 11) is 0. The largest absolute Gasteiger partial charge is 0.392 e. The van der Waals surface area contributed by atoms with Crippen LogP contribution < -0.4 is 0 Å². The van der Waals surface area contributed by atoms with Crippen molar-refractivity contribution >= 4 is 34.8 Å². The summed E-state index contributed by atoms with van der Waals surface area (Å²) in [5.41, 5.74) is 1.81. The van der Waals surface area contributed by atoms with Crippen LogP contribution in [0, 0.1) is 0 Å². The molecule has 5 heteroatoms. The van der Waals surface area contributed by atoms with Crippen LogP contribution in [0.25, 0.3) is 11.1 Å². The van der Waals surface area contributed by atoms with E-state index in [1.54, 1.807) is 24.3 Å². The Bertz CT molecular complexity index is 537. The summed E-state index contributed by atoms with van der Waals surface area (Å²) in [6.45, 7) is -0.154. The van der Waals surface area contributed by atoms with Gasteiger partial charge in [-0.2, -0.15) is 0 Å². The molecule has 0 unspecified atom stereocenters. The second kappa shape index (κ2) is 5.23. The van der Waals surface area contributed by atoms with Gasteiger partial charge in [0, 0.05) is 17.3 Å². The lowest BCUT2D eigenvalue weighted by Gasteiger charge is -2.12. The smallest absolute Gasteiger partial charge is 0.137 e. The van der Waals surface area contributed by atoms with Gasteiger partial charge in [0.15, 0.2) is 0 Å².